The molecule has 6 nitrogen and oxygen atoms in total. The maximum atomic E-state index is 12.3. The molecule has 23 heavy (non-hydrogen) atoms. The van der Waals surface area contributed by atoms with E-state index in [0.717, 1.165) is 12.1 Å². The van der Waals surface area contributed by atoms with Gasteiger partial charge in [-0.05, 0) is 17.7 Å². The molecular formula is C15H17F2N3O3. The Labute approximate surface area is 132 Å². The molecule has 0 aliphatic carbocycles. The largest absolute Gasteiger partial charge is 0.435 e. The van der Waals surface area contributed by atoms with Gasteiger partial charge in [-0.2, -0.15) is 13.8 Å². The maximum Gasteiger partial charge on any atom is 0.387 e. The highest BCUT2D eigenvalue weighted by Crippen LogP contribution is 2.26. The Balaban J connectivity index is 1.66. The Morgan fingerprint density at radius 1 is 1.43 bits per heavy atom. The molecule has 1 aromatic heterocycles. The molecule has 1 saturated heterocycles. The first-order valence-corrected chi connectivity index (χ1v) is 7.28. The highest BCUT2D eigenvalue weighted by Gasteiger charge is 2.23. The highest BCUT2D eigenvalue weighted by atomic mass is 19.3. The summed E-state index contributed by atoms with van der Waals surface area (Å²) in [7, 11) is 0. The molecule has 2 aromatic rings. The van der Waals surface area contributed by atoms with Crippen molar-refractivity contribution in [2.75, 3.05) is 19.7 Å². The van der Waals surface area contributed by atoms with Crippen molar-refractivity contribution >= 4 is 0 Å². The van der Waals surface area contributed by atoms with E-state index in [2.05, 4.69) is 19.8 Å². The van der Waals surface area contributed by atoms with Crippen molar-refractivity contribution in [2.45, 2.75) is 26.2 Å². The second kappa shape index (κ2) is 7.01. The first kappa shape index (κ1) is 15.8. The zero-order valence-electron chi connectivity index (χ0n) is 12.6. The van der Waals surface area contributed by atoms with E-state index in [-0.39, 0.29) is 11.9 Å². The fraction of sp³-hybridized carbons (Fsp3) is 0.467. The molecule has 0 saturated carbocycles. The molecule has 124 valence electrons. The Morgan fingerprint density at radius 2 is 2.30 bits per heavy atom. The van der Waals surface area contributed by atoms with E-state index < -0.39 is 6.61 Å². The number of hydrogen-bond donors (Lipinski definition) is 0. The van der Waals surface area contributed by atoms with Crippen molar-refractivity contribution < 1.29 is 22.8 Å². The summed E-state index contributed by atoms with van der Waals surface area (Å²) >= 11 is 0. The van der Waals surface area contributed by atoms with Crippen LogP contribution in [0.2, 0.25) is 0 Å². The number of alkyl halides is 2. The van der Waals surface area contributed by atoms with Gasteiger partial charge >= 0.3 is 6.61 Å². The lowest BCUT2D eigenvalue weighted by atomic mass is 10.1. The first-order chi connectivity index (χ1) is 11.1. The van der Waals surface area contributed by atoms with Crippen LogP contribution in [0.4, 0.5) is 8.78 Å². The molecule has 3 rings (SSSR count). The van der Waals surface area contributed by atoms with Crippen molar-refractivity contribution in [3.8, 4) is 5.75 Å². The zero-order chi connectivity index (χ0) is 16.2. The fourth-order valence-corrected chi connectivity index (χ4v) is 2.54. The van der Waals surface area contributed by atoms with E-state index in [1.165, 1.54) is 6.07 Å². The lowest BCUT2D eigenvalue weighted by Gasteiger charge is -2.32. The lowest BCUT2D eigenvalue weighted by molar-refractivity contribution is -0.0509. The number of benzene rings is 1. The molecular weight excluding hydrogens is 308 g/mol. The third-order valence-corrected chi connectivity index (χ3v) is 3.54. The van der Waals surface area contributed by atoms with Crippen LogP contribution in [0.5, 0.6) is 5.75 Å². The van der Waals surface area contributed by atoms with Crippen LogP contribution in [-0.4, -0.2) is 41.3 Å². The van der Waals surface area contributed by atoms with Gasteiger partial charge < -0.3 is 14.0 Å². The Hall–Kier alpha value is -2.06. The molecule has 1 aromatic carbocycles. The number of rotatable bonds is 5. The van der Waals surface area contributed by atoms with Gasteiger partial charge in [-0.15, -0.1) is 0 Å². The minimum Gasteiger partial charge on any atom is -0.435 e. The average molecular weight is 325 g/mol. The standard InChI is InChI=1S/C15H17F2N3O3/c1-10-18-14(19-23-10)9-20-5-6-21-13(8-20)11-3-2-4-12(7-11)22-15(16)17/h2-4,7,13,15H,5-6,8-9H2,1H3/t13-/m1/s1. The number of nitrogens with zero attached hydrogens (tertiary/aromatic N) is 3. The van der Waals surface area contributed by atoms with Gasteiger partial charge in [-0.1, -0.05) is 17.3 Å². The summed E-state index contributed by atoms with van der Waals surface area (Å²) in [5, 5.41) is 3.88. The van der Waals surface area contributed by atoms with Crippen molar-refractivity contribution in [2.24, 2.45) is 0 Å². The second-order valence-corrected chi connectivity index (χ2v) is 5.28. The Kier molecular flexibility index (Phi) is 4.82. The van der Waals surface area contributed by atoms with Gasteiger partial charge in [-0.3, -0.25) is 4.90 Å². The number of halogens is 2. The lowest BCUT2D eigenvalue weighted by Crippen LogP contribution is -2.38. The van der Waals surface area contributed by atoms with Crippen LogP contribution in [0.3, 0.4) is 0 Å². The van der Waals surface area contributed by atoms with Gasteiger partial charge in [0.05, 0.1) is 19.3 Å². The maximum absolute atomic E-state index is 12.3. The summed E-state index contributed by atoms with van der Waals surface area (Å²) in [4.78, 5) is 6.32. The van der Waals surface area contributed by atoms with E-state index in [4.69, 9.17) is 9.26 Å². The molecule has 1 aliphatic heterocycles. The molecule has 1 fully saturated rings. The van der Waals surface area contributed by atoms with Gasteiger partial charge in [0.25, 0.3) is 0 Å². The predicted octanol–water partition coefficient (Wildman–Crippen LogP) is 2.55. The van der Waals surface area contributed by atoms with Crippen LogP contribution in [-0.2, 0) is 11.3 Å². The fourth-order valence-electron chi connectivity index (χ4n) is 2.54. The topological polar surface area (TPSA) is 60.6 Å². The zero-order valence-corrected chi connectivity index (χ0v) is 12.6. The van der Waals surface area contributed by atoms with Crippen LogP contribution in [0.15, 0.2) is 28.8 Å². The summed E-state index contributed by atoms with van der Waals surface area (Å²) in [5.41, 5.74) is 0.803. The number of morpholine rings is 1. The summed E-state index contributed by atoms with van der Waals surface area (Å²) in [6.07, 6.45) is -0.210. The number of hydrogen-bond acceptors (Lipinski definition) is 6. The Bertz CT molecular complexity index is 650. The van der Waals surface area contributed by atoms with Crippen molar-refractivity contribution in [3.63, 3.8) is 0 Å². The molecule has 0 radical (unpaired) electrons. The molecule has 0 spiro atoms. The van der Waals surface area contributed by atoms with Crippen molar-refractivity contribution in [3.05, 3.63) is 41.5 Å². The quantitative estimate of drug-likeness (QED) is 0.842. The van der Waals surface area contributed by atoms with E-state index >= 15 is 0 Å². The van der Waals surface area contributed by atoms with Crippen LogP contribution in [0.25, 0.3) is 0 Å². The van der Waals surface area contributed by atoms with Crippen molar-refractivity contribution in [1.82, 2.24) is 15.0 Å². The molecule has 0 bridgehead atoms. The minimum absolute atomic E-state index is 0.131. The molecule has 2 heterocycles. The van der Waals surface area contributed by atoms with Crippen molar-refractivity contribution in [1.29, 1.82) is 0 Å². The molecule has 0 N–H and O–H groups in total. The molecule has 0 amide bonds. The third kappa shape index (κ3) is 4.23. The van der Waals surface area contributed by atoms with Gasteiger partial charge in [0.1, 0.15) is 5.75 Å². The minimum atomic E-state index is -2.84. The first-order valence-electron chi connectivity index (χ1n) is 7.28. The van der Waals surface area contributed by atoms with Crippen LogP contribution >= 0.6 is 0 Å². The normalized spacial score (nSPS) is 19.2. The summed E-state index contributed by atoms with van der Waals surface area (Å²) in [6.45, 7) is 1.37. The van der Waals surface area contributed by atoms with Gasteiger partial charge in [0.2, 0.25) is 5.89 Å². The van der Waals surface area contributed by atoms with Gasteiger partial charge in [0.15, 0.2) is 5.82 Å². The molecule has 8 heteroatoms. The number of ether oxygens (including phenoxy) is 2. The predicted molar refractivity (Wildman–Crippen MR) is 76.1 cm³/mol. The van der Waals surface area contributed by atoms with Crippen LogP contribution < -0.4 is 4.74 Å². The number of aromatic nitrogens is 2. The summed E-state index contributed by atoms with van der Waals surface area (Å²) < 4.78 is 39.8. The third-order valence-electron chi connectivity index (χ3n) is 3.54. The Morgan fingerprint density at radius 3 is 3.04 bits per heavy atom. The smallest absolute Gasteiger partial charge is 0.387 e. The van der Waals surface area contributed by atoms with Gasteiger partial charge in [-0.25, -0.2) is 0 Å². The monoisotopic (exact) mass is 325 g/mol. The van der Waals surface area contributed by atoms with E-state index in [9.17, 15) is 8.78 Å². The van der Waals surface area contributed by atoms with Gasteiger partial charge in [0, 0.05) is 20.0 Å². The second-order valence-electron chi connectivity index (χ2n) is 5.28. The molecule has 1 atom stereocenters. The number of aryl methyl sites for hydroxylation is 1. The van der Waals surface area contributed by atoms with Crippen LogP contribution in [0, 0.1) is 6.92 Å². The summed E-state index contributed by atoms with van der Waals surface area (Å²) in [5.74, 6) is 1.28. The SMILES string of the molecule is Cc1nc(CN2CCO[C@@H](c3cccc(OC(F)F)c3)C2)no1. The van der Waals surface area contributed by atoms with Crippen LogP contribution in [0.1, 0.15) is 23.4 Å². The van der Waals surface area contributed by atoms with E-state index in [1.807, 2.05) is 6.07 Å². The molecule has 1 aliphatic rings. The average Bonchev–Trinajstić information content (AvgIpc) is 2.92. The molecule has 0 unspecified atom stereocenters. The highest BCUT2D eigenvalue weighted by molar-refractivity contribution is 5.30. The van der Waals surface area contributed by atoms with E-state index in [0.29, 0.717) is 31.4 Å². The summed E-state index contributed by atoms with van der Waals surface area (Å²) in [6, 6.07) is 6.60. The van der Waals surface area contributed by atoms with E-state index in [1.54, 1.807) is 19.1 Å².